The third kappa shape index (κ3) is 8.79. The van der Waals surface area contributed by atoms with Crippen LogP contribution in [-0.4, -0.2) is 4.98 Å². The molecule has 0 spiro atoms. The maximum absolute atomic E-state index is 12.0. The normalized spacial score (nSPS) is 14.3. The first-order chi connectivity index (χ1) is 13.5. The van der Waals surface area contributed by atoms with E-state index in [0.29, 0.717) is 12.2 Å². The monoisotopic (exact) mass is 634 g/mol. The number of benzene rings is 1. The molecule has 0 bridgehead atoms. The molecule has 0 aliphatic heterocycles. The quantitative estimate of drug-likeness (QED) is 0.205. The zero-order valence-electron chi connectivity index (χ0n) is 16.3. The van der Waals surface area contributed by atoms with Crippen molar-refractivity contribution in [3.05, 3.63) is 108 Å². The Morgan fingerprint density at radius 1 is 0.903 bits per heavy atom. The van der Waals surface area contributed by atoms with Gasteiger partial charge in [0.05, 0.1) is 11.5 Å². The molecule has 0 fully saturated rings. The summed E-state index contributed by atoms with van der Waals surface area (Å²) in [4.78, 5) is 4.40. The Labute approximate surface area is 210 Å². The van der Waals surface area contributed by atoms with Crippen molar-refractivity contribution < 1.29 is 68.2 Å². The Bertz CT molecular complexity index is 927. The SMILES string of the molecule is FC1=CCC=C1.FC1=C[C-](F)CC(F)=C1.[Cl-].[Cl-].[Hf].c1ccc2c(c1)Cc1cccnc1-2. The van der Waals surface area contributed by atoms with Crippen molar-refractivity contribution in [1.29, 1.82) is 0 Å². The van der Waals surface area contributed by atoms with E-state index < -0.39 is 24.2 Å². The largest absolute Gasteiger partial charge is 1.00 e. The second-order valence-corrected chi connectivity index (χ2v) is 6.32. The van der Waals surface area contributed by atoms with Gasteiger partial charge in [0.25, 0.3) is 0 Å². The maximum atomic E-state index is 12.0. The molecule has 3 aliphatic rings. The first kappa shape index (κ1) is 29.4. The van der Waals surface area contributed by atoms with Crippen LogP contribution in [0.25, 0.3) is 11.3 Å². The van der Waals surface area contributed by atoms with Crippen LogP contribution in [0.3, 0.4) is 0 Å². The fourth-order valence-corrected chi connectivity index (χ4v) is 2.97. The molecule has 0 saturated heterocycles. The summed E-state index contributed by atoms with van der Waals surface area (Å²) in [6, 6.07) is 12.6. The van der Waals surface area contributed by atoms with E-state index in [1.165, 1.54) is 22.8 Å². The minimum Gasteiger partial charge on any atom is -1.00 e. The van der Waals surface area contributed by atoms with Gasteiger partial charge in [0.1, 0.15) is 5.83 Å². The molecule has 164 valence electrons. The van der Waals surface area contributed by atoms with Gasteiger partial charge < -0.3 is 33.6 Å². The molecule has 1 aromatic heterocycles. The molecular formula is C23H18Cl2F4HfN-3. The summed E-state index contributed by atoms with van der Waals surface area (Å²) in [6.07, 6.45) is 8.63. The molecule has 31 heavy (non-hydrogen) atoms. The summed E-state index contributed by atoms with van der Waals surface area (Å²) in [5.74, 6) is -1.74. The number of fused-ring (bicyclic) bond motifs is 3. The van der Waals surface area contributed by atoms with Gasteiger partial charge in [-0.1, -0.05) is 42.5 Å². The number of halogens is 6. The molecule has 2 aromatic rings. The summed E-state index contributed by atoms with van der Waals surface area (Å²) >= 11 is 0. The fourth-order valence-electron chi connectivity index (χ4n) is 2.97. The summed E-state index contributed by atoms with van der Waals surface area (Å²) in [5, 5.41) is 0. The van der Waals surface area contributed by atoms with E-state index in [-0.39, 0.29) is 56.5 Å². The minimum atomic E-state index is -0.865. The van der Waals surface area contributed by atoms with Gasteiger partial charge in [0, 0.05) is 44.0 Å². The summed E-state index contributed by atoms with van der Waals surface area (Å²) < 4.78 is 47.7. The van der Waals surface area contributed by atoms with Gasteiger partial charge in [-0.2, -0.15) is 6.08 Å². The van der Waals surface area contributed by atoms with Gasteiger partial charge in [0.15, 0.2) is 0 Å². The average molecular weight is 634 g/mol. The number of aromatic nitrogens is 1. The van der Waals surface area contributed by atoms with Crippen LogP contribution in [0.4, 0.5) is 17.6 Å². The van der Waals surface area contributed by atoms with Gasteiger partial charge in [-0.15, -0.1) is 0 Å². The van der Waals surface area contributed by atoms with Crippen LogP contribution in [0.2, 0.25) is 0 Å². The van der Waals surface area contributed by atoms with Gasteiger partial charge in [-0.3, -0.25) is 4.98 Å². The molecule has 1 heterocycles. The maximum Gasteiger partial charge on any atom is 0.119 e. The van der Waals surface area contributed by atoms with Crippen molar-refractivity contribution in [3.8, 4) is 11.3 Å². The molecular weight excluding hydrogens is 616 g/mol. The second kappa shape index (κ2) is 14.4. The van der Waals surface area contributed by atoms with Crippen LogP contribution in [0, 0.1) is 6.17 Å². The Balaban J connectivity index is 0.000000445. The number of pyridine rings is 1. The Kier molecular flexibility index (Phi) is 13.7. The van der Waals surface area contributed by atoms with E-state index in [1.807, 2.05) is 12.3 Å². The van der Waals surface area contributed by atoms with Crippen LogP contribution >= 0.6 is 0 Å². The first-order valence-corrected chi connectivity index (χ1v) is 8.82. The Morgan fingerprint density at radius 2 is 1.61 bits per heavy atom. The standard InChI is InChI=1S/C12H9N.C6H4F3.C5H5F.2ClH.Hf/c1-2-6-11-9(4-1)8-10-5-3-7-13-12(10)11;7-4-1-5(8)3-6(9)2-4;6-5-3-1-2-4-5;;;/h1-7H,8H2;1-2H,3H2;1,3-4H,2H2;2*1H;/q;-1;;;;/p-2. The molecule has 0 amide bonds. The van der Waals surface area contributed by atoms with Gasteiger partial charge in [0.2, 0.25) is 0 Å². The van der Waals surface area contributed by atoms with Crippen LogP contribution < -0.4 is 24.8 Å². The zero-order chi connectivity index (χ0) is 19.9. The predicted molar refractivity (Wildman–Crippen MR) is 103 cm³/mol. The molecule has 0 N–H and O–H groups in total. The smallest absolute Gasteiger partial charge is 0.119 e. The van der Waals surface area contributed by atoms with Crippen molar-refractivity contribution in [1.82, 2.24) is 4.98 Å². The van der Waals surface area contributed by atoms with E-state index in [9.17, 15) is 17.6 Å². The number of hydrogen-bond donors (Lipinski definition) is 0. The molecule has 0 atom stereocenters. The molecule has 3 aliphatic carbocycles. The fraction of sp³-hybridized carbons (Fsp3) is 0.130. The van der Waals surface area contributed by atoms with Crippen molar-refractivity contribution >= 4 is 0 Å². The van der Waals surface area contributed by atoms with Crippen LogP contribution in [0.15, 0.2) is 90.5 Å². The molecule has 1 aromatic carbocycles. The summed E-state index contributed by atoms with van der Waals surface area (Å²) in [6.45, 7) is 0. The van der Waals surface area contributed by atoms with Crippen molar-refractivity contribution in [2.24, 2.45) is 0 Å². The average Bonchev–Trinajstić information content (AvgIpc) is 3.28. The van der Waals surface area contributed by atoms with Crippen molar-refractivity contribution in [2.45, 2.75) is 19.3 Å². The molecule has 5 rings (SSSR count). The van der Waals surface area contributed by atoms with E-state index in [1.54, 1.807) is 12.2 Å². The van der Waals surface area contributed by atoms with Gasteiger partial charge in [-0.05, 0) is 54.2 Å². The molecule has 0 radical (unpaired) electrons. The third-order valence-corrected chi connectivity index (χ3v) is 4.20. The van der Waals surface area contributed by atoms with Crippen LogP contribution in [-0.2, 0) is 32.3 Å². The van der Waals surface area contributed by atoms with Gasteiger partial charge in [-0.25, -0.2) is 8.78 Å². The van der Waals surface area contributed by atoms with Crippen LogP contribution in [0.1, 0.15) is 24.0 Å². The Hall–Kier alpha value is -1.63. The first-order valence-electron chi connectivity index (χ1n) is 8.82. The van der Waals surface area contributed by atoms with E-state index in [0.717, 1.165) is 18.5 Å². The minimum absolute atomic E-state index is 0. The predicted octanol–water partition coefficient (Wildman–Crippen LogP) is 1.06. The van der Waals surface area contributed by atoms with Gasteiger partial charge >= 0.3 is 0 Å². The summed E-state index contributed by atoms with van der Waals surface area (Å²) in [5.41, 5.74) is 5.22. The number of hydrogen-bond acceptors (Lipinski definition) is 1. The number of nitrogens with zero attached hydrogens (tertiary/aromatic N) is 1. The van der Waals surface area contributed by atoms with Crippen LogP contribution in [0.5, 0.6) is 0 Å². The Morgan fingerprint density at radius 3 is 2.19 bits per heavy atom. The number of rotatable bonds is 0. The molecule has 1 nitrogen and oxygen atoms in total. The topological polar surface area (TPSA) is 12.9 Å². The molecule has 0 saturated carbocycles. The summed E-state index contributed by atoms with van der Waals surface area (Å²) in [7, 11) is 0. The zero-order valence-corrected chi connectivity index (χ0v) is 21.4. The van der Waals surface area contributed by atoms with E-state index in [4.69, 9.17) is 0 Å². The van der Waals surface area contributed by atoms with E-state index >= 15 is 0 Å². The van der Waals surface area contributed by atoms with E-state index in [2.05, 4.69) is 35.3 Å². The van der Waals surface area contributed by atoms with Crippen molar-refractivity contribution in [3.63, 3.8) is 0 Å². The second-order valence-electron chi connectivity index (χ2n) is 6.32. The van der Waals surface area contributed by atoms with Crippen molar-refractivity contribution in [2.75, 3.05) is 0 Å². The number of allylic oxidation sites excluding steroid dienone is 8. The molecule has 8 heteroatoms. The molecule has 0 unspecified atom stereocenters. The third-order valence-electron chi connectivity index (χ3n) is 4.20.